The van der Waals surface area contributed by atoms with Gasteiger partial charge in [-0.1, -0.05) is 6.08 Å². The smallest absolute Gasteiger partial charge is 0.261 e. The van der Waals surface area contributed by atoms with Gasteiger partial charge in [0.15, 0.2) is 0 Å². The number of carbonyl (C=O) groups is 1. The van der Waals surface area contributed by atoms with Crippen LogP contribution in [-0.2, 0) is 4.74 Å². The van der Waals surface area contributed by atoms with Crippen LogP contribution in [0.3, 0.4) is 0 Å². The summed E-state index contributed by atoms with van der Waals surface area (Å²) in [7, 11) is 1.68. The maximum Gasteiger partial charge on any atom is 0.261 e. The van der Waals surface area contributed by atoms with E-state index in [0.717, 1.165) is 34.6 Å². The highest BCUT2D eigenvalue weighted by atomic mass is 32.1. The van der Waals surface area contributed by atoms with Gasteiger partial charge < -0.3 is 15.4 Å². The Morgan fingerprint density at radius 2 is 2.32 bits per heavy atom. The summed E-state index contributed by atoms with van der Waals surface area (Å²) in [5.41, 5.74) is 0.899. The zero-order chi connectivity index (χ0) is 15.9. The highest BCUT2D eigenvalue weighted by Crippen LogP contribution is 2.33. The first-order chi connectivity index (χ1) is 10.7. The summed E-state index contributed by atoms with van der Waals surface area (Å²) in [6, 6.07) is 0. The van der Waals surface area contributed by atoms with Crippen LogP contribution in [0.2, 0.25) is 0 Å². The minimum absolute atomic E-state index is 0.106. The van der Waals surface area contributed by atoms with E-state index in [2.05, 4.69) is 27.2 Å². The van der Waals surface area contributed by atoms with Crippen LogP contribution in [0.4, 0.5) is 5.82 Å². The molecule has 22 heavy (non-hydrogen) atoms. The summed E-state index contributed by atoms with van der Waals surface area (Å²) in [6.45, 7) is 7.42. The van der Waals surface area contributed by atoms with Crippen molar-refractivity contribution in [2.45, 2.75) is 13.3 Å². The lowest BCUT2D eigenvalue weighted by Gasteiger charge is -2.07. The average Bonchev–Trinajstić information content (AvgIpc) is 2.87. The SMILES string of the molecule is C=CCNC(=O)c1sc2ncnc(NCCCOC)c2c1C. The number of nitrogens with one attached hydrogen (secondary N) is 2. The molecule has 0 aliphatic rings. The lowest BCUT2D eigenvalue weighted by atomic mass is 10.2. The largest absolute Gasteiger partial charge is 0.385 e. The van der Waals surface area contributed by atoms with Crippen molar-refractivity contribution in [2.75, 3.05) is 32.1 Å². The topological polar surface area (TPSA) is 76.1 Å². The van der Waals surface area contributed by atoms with E-state index in [1.165, 1.54) is 17.7 Å². The summed E-state index contributed by atoms with van der Waals surface area (Å²) in [6.07, 6.45) is 4.06. The van der Waals surface area contributed by atoms with Gasteiger partial charge in [-0.25, -0.2) is 9.97 Å². The second-order valence-corrected chi connectivity index (χ2v) is 5.73. The molecule has 0 aliphatic carbocycles. The van der Waals surface area contributed by atoms with Crippen molar-refractivity contribution in [3.8, 4) is 0 Å². The van der Waals surface area contributed by atoms with Crippen LogP contribution >= 0.6 is 11.3 Å². The van der Waals surface area contributed by atoms with Crippen molar-refractivity contribution >= 4 is 33.3 Å². The quantitative estimate of drug-likeness (QED) is 0.577. The van der Waals surface area contributed by atoms with E-state index >= 15 is 0 Å². The number of hydrogen-bond donors (Lipinski definition) is 2. The molecule has 0 fully saturated rings. The van der Waals surface area contributed by atoms with E-state index in [1.54, 1.807) is 13.2 Å². The minimum atomic E-state index is -0.106. The summed E-state index contributed by atoms with van der Waals surface area (Å²) in [5.74, 6) is 0.656. The summed E-state index contributed by atoms with van der Waals surface area (Å²) in [5, 5.41) is 7.00. The molecule has 0 bridgehead atoms. The van der Waals surface area contributed by atoms with Crippen LogP contribution in [-0.4, -0.2) is 42.7 Å². The van der Waals surface area contributed by atoms with E-state index < -0.39 is 0 Å². The number of rotatable bonds is 8. The summed E-state index contributed by atoms with van der Waals surface area (Å²) >= 11 is 1.38. The highest BCUT2D eigenvalue weighted by Gasteiger charge is 2.18. The number of carbonyl (C=O) groups excluding carboxylic acids is 1. The molecular formula is C15H20N4O2S. The van der Waals surface area contributed by atoms with E-state index in [4.69, 9.17) is 4.74 Å². The van der Waals surface area contributed by atoms with Gasteiger partial charge in [0.05, 0.1) is 10.3 Å². The monoisotopic (exact) mass is 320 g/mol. The molecule has 2 N–H and O–H groups in total. The van der Waals surface area contributed by atoms with Crippen LogP contribution in [0.5, 0.6) is 0 Å². The number of aryl methyl sites for hydroxylation is 1. The molecule has 0 unspecified atom stereocenters. The molecule has 6 nitrogen and oxygen atoms in total. The lowest BCUT2D eigenvalue weighted by molar-refractivity contribution is 0.0961. The lowest BCUT2D eigenvalue weighted by Crippen LogP contribution is -2.22. The molecule has 2 rings (SSSR count). The zero-order valence-electron chi connectivity index (χ0n) is 12.8. The number of aromatic nitrogens is 2. The van der Waals surface area contributed by atoms with Crippen molar-refractivity contribution in [2.24, 2.45) is 0 Å². The summed E-state index contributed by atoms with van der Waals surface area (Å²) < 4.78 is 5.03. The Morgan fingerprint density at radius 1 is 1.50 bits per heavy atom. The Bertz CT molecular complexity index is 669. The van der Waals surface area contributed by atoms with E-state index in [-0.39, 0.29) is 5.91 Å². The highest BCUT2D eigenvalue weighted by molar-refractivity contribution is 7.20. The van der Waals surface area contributed by atoms with Crippen LogP contribution < -0.4 is 10.6 Å². The third kappa shape index (κ3) is 3.61. The molecule has 0 spiro atoms. The molecule has 0 saturated carbocycles. The van der Waals surface area contributed by atoms with Gasteiger partial charge in [-0.2, -0.15) is 0 Å². The van der Waals surface area contributed by atoms with Gasteiger partial charge in [0, 0.05) is 26.8 Å². The van der Waals surface area contributed by atoms with Crippen LogP contribution in [0.15, 0.2) is 19.0 Å². The van der Waals surface area contributed by atoms with Gasteiger partial charge in [-0.3, -0.25) is 4.79 Å². The number of ether oxygens (including phenoxy) is 1. The number of amides is 1. The number of methoxy groups -OCH3 is 1. The minimum Gasteiger partial charge on any atom is -0.385 e. The normalized spacial score (nSPS) is 10.6. The van der Waals surface area contributed by atoms with Gasteiger partial charge in [-0.05, 0) is 18.9 Å². The van der Waals surface area contributed by atoms with Crippen LogP contribution in [0, 0.1) is 6.92 Å². The Kier molecular flexibility index (Phi) is 5.85. The fourth-order valence-electron chi connectivity index (χ4n) is 2.09. The Balaban J connectivity index is 2.26. The van der Waals surface area contributed by atoms with Crippen molar-refractivity contribution in [3.63, 3.8) is 0 Å². The van der Waals surface area contributed by atoms with Gasteiger partial charge in [-0.15, -0.1) is 17.9 Å². The van der Waals surface area contributed by atoms with E-state index in [9.17, 15) is 4.79 Å². The molecular weight excluding hydrogens is 300 g/mol. The standard InChI is InChI=1S/C15H20N4O2S/c1-4-6-17-14(20)12-10(2)11-13(16-7-5-8-21-3)18-9-19-15(11)22-12/h4,9H,1,5-8H2,2-3H3,(H,17,20)(H,16,18,19). The van der Waals surface area contributed by atoms with Gasteiger partial charge in [0.25, 0.3) is 5.91 Å². The zero-order valence-corrected chi connectivity index (χ0v) is 13.6. The first-order valence-corrected chi connectivity index (χ1v) is 7.86. The maximum atomic E-state index is 12.2. The molecule has 7 heteroatoms. The maximum absolute atomic E-state index is 12.2. The molecule has 0 saturated heterocycles. The molecule has 2 aromatic heterocycles. The molecule has 1 amide bonds. The first-order valence-electron chi connectivity index (χ1n) is 7.05. The van der Waals surface area contributed by atoms with Crippen LogP contribution in [0.1, 0.15) is 21.7 Å². The fraction of sp³-hybridized carbons (Fsp3) is 0.400. The summed E-state index contributed by atoms with van der Waals surface area (Å²) in [4.78, 5) is 22.2. The van der Waals surface area contributed by atoms with Crippen molar-refractivity contribution in [3.05, 3.63) is 29.4 Å². The molecule has 0 aliphatic heterocycles. The van der Waals surface area contributed by atoms with Crippen molar-refractivity contribution in [1.29, 1.82) is 0 Å². The van der Waals surface area contributed by atoms with Gasteiger partial charge in [0.1, 0.15) is 17.0 Å². The Labute approximate surface area is 133 Å². The van der Waals surface area contributed by atoms with Gasteiger partial charge >= 0.3 is 0 Å². The van der Waals surface area contributed by atoms with Crippen molar-refractivity contribution < 1.29 is 9.53 Å². The molecule has 2 heterocycles. The average molecular weight is 320 g/mol. The van der Waals surface area contributed by atoms with Gasteiger partial charge in [0.2, 0.25) is 0 Å². The molecule has 0 aromatic carbocycles. The Morgan fingerprint density at radius 3 is 3.05 bits per heavy atom. The predicted octanol–water partition coefficient (Wildman–Crippen LogP) is 2.36. The number of anilines is 1. The van der Waals surface area contributed by atoms with Crippen molar-refractivity contribution in [1.82, 2.24) is 15.3 Å². The second-order valence-electron chi connectivity index (χ2n) is 4.73. The Hall–Kier alpha value is -1.99. The number of nitrogens with zero attached hydrogens (tertiary/aromatic N) is 2. The molecule has 0 atom stereocenters. The third-order valence-corrected chi connectivity index (χ3v) is 4.36. The number of fused-ring (bicyclic) bond motifs is 1. The number of thiophene rings is 1. The van der Waals surface area contributed by atoms with Crippen LogP contribution in [0.25, 0.3) is 10.2 Å². The molecule has 0 radical (unpaired) electrons. The van der Waals surface area contributed by atoms with E-state index in [1.807, 2.05) is 6.92 Å². The molecule has 118 valence electrons. The molecule has 2 aromatic rings. The number of hydrogen-bond acceptors (Lipinski definition) is 6. The van der Waals surface area contributed by atoms with E-state index in [0.29, 0.717) is 18.0 Å². The second kappa shape index (κ2) is 7.86. The first kappa shape index (κ1) is 16.4. The third-order valence-electron chi connectivity index (χ3n) is 3.16. The fourth-order valence-corrected chi connectivity index (χ4v) is 3.16. The predicted molar refractivity (Wildman–Crippen MR) is 89.7 cm³/mol.